The van der Waals surface area contributed by atoms with Gasteiger partial charge in [-0.3, -0.25) is 0 Å². The number of rotatable bonds is 3. The highest BCUT2D eigenvalue weighted by Gasteiger charge is 2.16. The molecule has 2 aliphatic heterocycles. The summed E-state index contributed by atoms with van der Waals surface area (Å²) < 4.78 is 0. The van der Waals surface area contributed by atoms with Gasteiger partial charge in [0.05, 0.1) is 10.7 Å². The molecule has 0 fully saturated rings. The molecule has 1 aromatic carbocycles. The summed E-state index contributed by atoms with van der Waals surface area (Å²) in [5.74, 6) is 0.495. The molecule has 0 bridgehead atoms. The highest BCUT2D eigenvalue weighted by atomic mass is 35.5. The molecule has 1 atom stereocenters. The van der Waals surface area contributed by atoms with Crippen molar-refractivity contribution in [2.24, 2.45) is 5.92 Å². The predicted octanol–water partition coefficient (Wildman–Crippen LogP) is 5.40. The van der Waals surface area contributed by atoms with Crippen molar-refractivity contribution >= 4 is 22.9 Å². The van der Waals surface area contributed by atoms with Gasteiger partial charge in [0.2, 0.25) is 0 Å². The third-order valence-corrected chi connectivity index (χ3v) is 5.55. The quantitative estimate of drug-likeness (QED) is 0.781. The fourth-order valence-corrected chi connectivity index (χ4v) is 3.63. The van der Waals surface area contributed by atoms with Crippen LogP contribution < -0.4 is 5.32 Å². The van der Waals surface area contributed by atoms with E-state index >= 15 is 0 Å². The fraction of sp³-hybridized carbons (Fsp3) is 0.364. The molecule has 2 aliphatic rings. The van der Waals surface area contributed by atoms with Crippen molar-refractivity contribution < 1.29 is 0 Å². The van der Waals surface area contributed by atoms with Crippen LogP contribution in [0.1, 0.15) is 38.3 Å². The average Bonchev–Trinajstić information content (AvgIpc) is 2.74. The maximum absolute atomic E-state index is 6.53. The molecule has 0 radical (unpaired) electrons. The van der Waals surface area contributed by atoms with Crippen LogP contribution in [-0.2, 0) is 0 Å². The summed E-state index contributed by atoms with van der Waals surface area (Å²) in [6, 6.07) is 8.76. The molecule has 25 heavy (non-hydrogen) atoms. The van der Waals surface area contributed by atoms with Crippen molar-refractivity contribution in [3.8, 4) is 0 Å². The molecule has 0 spiro atoms. The summed E-state index contributed by atoms with van der Waals surface area (Å²) in [6.45, 7) is 13.4. The van der Waals surface area contributed by atoms with E-state index in [1.54, 1.807) is 0 Å². The molecular weight excluding hydrogens is 328 g/mol. The van der Waals surface area contributed by atoms with E-state index in [4.69, 9.17) is 11.6 Å². The molecule has 2 nitrogen and oxygen atoms in total. The molecule has 1 aromatic rings. The standard InChI is InChI=1S/C22H27ClN2/c1-15(2)25-11-9-19(10-12-25)18-5-7-20(8-6-18)22-21(23)13-16(3)17(4)14-24-22/h5-9,13,17,24H,1,10-12,14H2,2-4H3. The van der Waals surface area contributed by atoms with Crippen LogP contribution in [0.2, 0.25) is 0 Å². The van der Waals surface area contributed by atoms with Gasteiger partial charge in [-0.1, -0.05) is 61.0 Å². The van der Waals surface area contributed by atoms with Crippen LogP contribution in [0, 0.1) is 5.92 Å². The van der Waals surface area contributed by atoms with Crippen LogP contribution in [0.3, 0.4) is 0 Å². The Morgan fingerprint density at radius 3 is 2.52 bits per heavy atom. The summed E-state index contributed by atoms with van der Waals surface area (Å²) in [4.78, 5) is 2.31. The van der Waals surface area contributed by atoms with Crippen LogP contribution in [0.15, 0.2) is 59.3 Å². The van der Waals surface area contributed by atoms with Gasteiger partial charge < -0.3 is 10.2 Å². The van der Waals surface area contributed by atoms with E-state index in [-0.39, 0.29) is 0 Å². The Bertz CT molecular complexity index is 753. The summed E-state index contributed by atoms with van der Waals surface area (Å²) in [5, 5.41) is 4.30. The van der Waals surface area contributed by atoms with Crippen molar-refractivity contribution in [1.82, 2.24) is 10.2 Å². The first-order valence-electron chi connectivity index (χ1n) is 8.98. The second-order valence-corrected chi connectivity index (χ2v) is 7.54. The van der Waals surface area contributed by atoms with Crippen LogP contribution in [0.5, 0.6) is 0 Å². The van der Waals surface area contributed by atoms with Crippen molar-refractivity contribution in [3.63, 3.8) is 0 Å². The van der Waals surface area contributed by atoms with E-state index in [1.165, 1.54) is 16.7 Å². The molecule has 0 amide bonds. The Hall–Kier alpha value is -1.93. The van der Waals surface area contributed by atoms with Crippen LogP contribution in [0.25, 0.3) is 11.3 Å². The van der Waals surface area contributed by atoms with Gasteiger partial charge in [-0.25, -0.2) is 0 Å². The van der Waals surface area contributed by atoms with Gasteiger partial charge in [-0.05, 0) is 49.0 Å². The predicted molar refractivity (Wildman–Crippen MR) is 109 cm³/mol. The molecule has 1 unspecified atom stereocenters. The number of nitrogens with zero attached hydrogens (tertiary/aromatic N) is 1. The number of allylic oxidation sites excluding steroid dienone is 3. The number of nitrogens with one attached hydrogen (secondary N) is 1. The van der Waals surface area contributed by atoms with Gasteiger partial charge >= 0.3 is 0 Å². The zero-order valence-corrected chi connectivity index (χ0v) is 16.2. The molecule has 0 aliphatic carbocycles. The van der Waals surface area contributed by atoms with Crippen molar-refractivity contribution in [2.75, 3.05) is 19.6 Å². The molecular formula is C22H27ClN2. The highest BCUT2D eigenvalue weighted by Crippen LogP contribution is 2.29. The van der Waals surface area contributed by atoms with Crippen LogP contribution in [0.4, 0.5) is 0 Å². The normalized spacial score (nSPS) is 21.3. The van der Waals surface area contributed by atoms with E-state index < -0.39 is 0 Å². The Morgan fingerprint density at radius 1 is 1.24 bits per heavy atom. The molecule has 0 saturated heterocycles. The zero-order valence-electron chi connectivity index (χ0n) is 15.4. The monoisotopic (exact) mass is 354 g/mol. The van der Waals surface area contributed by atoms with Gasteiger partial charge in [0, 0.05) is 25.3 Å². The topological polar surface area (TPSA) is 15.3 Å². The first-order chi connectivity index (χ1) is 12.0. The van der Waals surface area contributed by atoms with Crippen molar-refractivity contribution in [1.29, 1.82) is 0 Å². The molecule has 2 heterocycles. The van der Waals surface area contributed by atoms with E-state index in [9.17, 15) is 0 Å². The number of hydrogen-bond donors (Lipinski definition) is 1. The van der Waals surface area contributed by atoms with Gasteiger partial charge in [-0.2, -0.15) is 0 Å². The van der Waals surface area contributed by atoms with Gasteiger partial charge in [0.25, 0.3) is 0 Å². The van der Waals surface area contributed by atoms with Gasteiger partial charge in [-0.15, -0.1) is 0 Å². The van der Waals surface area contributed by atoms with Gasteiger partial charge in [0.1, 0.15) is 0 Å². The molecule has 3 heteroatoms. The fourth-order valence-electron chi connectivity index (χ4n) is 3.28. The lowest BCUT2D eigenvalue weighted by molar-refractivity contribution is 0.381. The van der Waals surface area contributed by atoms with E-state index in [1.807, 2.05) is 0 Å². The number of benzene rings is 1. The largest absolute Gasteiger partial charge is 0.383 e. The Morgan fingerprint density at radius 2 is 1.92 bits per heavy atom. The SMILES string of the molecule is C=C(C)N1CC=C(c2ccc(C3=C(Cl)C=C(C)C(C)CN3)cc2)CC1. The number of halogens is 1. The van der Waals surface area contributed by atoms with Crippen molar-refractivity contribution in [2.45, 2.75) is 27.2 Å². The second-order valence-electron chi connectivity index (χ2n) is 7.13. The first-order valence-corrected chi connectivity index (χ1v) is 9.35. The molecule has 0 saturated carbocycles. The number of hydrogen-bond acceptors (Lipinski definition) is 2. The summed E-state index contributed by atoms with van der Waals surface area (Å²) >= 11 is 6.53. The lowest BCUT2D eigenvalue weighted by Crippen LogP contribution is -2.26. The maximum Gasteiger partial charge on any atom is 0.0643 e. The highest BCUT2D eigenvalue weighted by molar-refractivity contribution is 6.34. The van der Waals surface area contributed by atoms with Crippen LogP contribution in [-0.4, -0.2) is 24.5 Å². The van der Waals surface area contributed by atoms with Gasteiger partial charge in [0.15, 0.2) is 0 Å². The molecule has 3 rings (SSSR count). The summed E-state index contributed by atoms with van der Waals surface area (Å²) in [6.07, 6.45) is 5.47. The summed E-state index contributed by atoms with van der Waals surface area (Å²) in [7, 11) is 0. The molecule has 132 valence electrons. The maximum atomic E-state index is 6.53. The lowest BCUT2D eigenvalue weighted by Gasteiger charge is -2.28. The average molecular weight is 355 g/mol. The second kappa shape index (κ2) is 7.53. The molecule has 1 N–H and O–H groups in total. The Balaban J connectivity index is 1.79. The summed E-state index contributed by atoms with van der Waals surface area (Å²) in [5.41, 5.74) is 7.36. The Kier molecular flexibility index (Phi) is 5.39. The first kappa shape index (κ1) is 17.9. The van der Waals surface area contributed by atoms with E-state index in [0.29, 0.717) is 5.92 Å². The minimum atomic E-state index is 0.495. The van der Waals surface area contributed by atoms with Crippen LogP contribution >= 0.6 is 11.6 Å². The van der Waals surface area contributed by atoms with Crippen molar-refractivity contribution in [3.05, 3.63) is 70.4 Å². The van der Waals surface area contributed by atoms with E-state index in [2.05, 4.69) is 74.0 Å². The third-order valence-electron chi connectivity index (χ3n) is 5.25. The third kappa shape index (κ3) is 4.01. The minimum Gasteiger partial charge on any atom is -0.383 e. The smallest absolute Gasteiger partial charge is 0.0643 e. The Labute approximate surface area is 156 Å². The zero-order chi connectivity index (χ0) is 18.0. The minimum absolute atomic E-state index is 0.495. The lowest BCUT2D eigenvalue weighted by atomic mass is 9.97. The molecule has 0 aromatic heterocycles. The van der Waals surface area contributed by atoms with E-state index in [0.717, 1.165) is 48.0 Å².